The highest BCUT2D eigenvalue weighted by atomic mass is 14.9. The maximum atomic E-state index is 3.30. The van der Waals surface area contributed by atoms with E-state index in [1.54, 1.807) is 0 Å². The summed E-state index contributed by atoms with van der Waals surface area (Å²) in [5.41, 5.74) is 0. The predicted octanol–water partition coefficient (Wildman–Crippen LogP) is 2.59. The maximum absolute atomic E-state index is 3.30. The van der Waals surface area contributed by atoms with Gasteiger partial charge in [-0.2, -0.15) is 0 Å². The minimum Gasteiger partial charge on any atom is -0.313 e. The quantitative estimate of drug-likeness (QED) is 0.602. The fourth-order valence-corrected chi connectivity index (χ4v) is 1.41. The molecule has 1 heteroatoms. The highest BCUT2D eigenvalue weighted by Gasteiger charge is 2.09. The molecule has 0 rings (SSSR count). The Kier molecular flexibility index (Phi) is 6.24. The standard InChI is InChI=1S/C10H21N/c1-5-7-9(3)10(11-4)8-6-2/h6,8-11H,5,7H2,1-4H3/b8-6+. The molecule has 0 aliphatic carbocycles. The van der Waals surface area contributed by atoms with E-state index in [2.05, 4.69) is 38.2 Å². The van der Waals surface area contributed by atoms with E-state index in [1.165, 1.54) is 12.8 Å². The number of hydrogen-bond donors (Lipinski definition) is 1. The Labute approximate surface area is 70.9 Å². The molecule has 0 aliphatic rings. The molecule has 0 heterocycles. The van der Waals surface area contributed by atoms with Gasteiger partial charge in [0.05, 0.1) is 0 Å². The summed E-state index contributed by atoms with van der Waals surface area (Å²) in [4.78, 5) is 0. The van der Waals surface area contributed by atoms with Crippen LogP contribution in [-0.2, 0) is 0 Å². The van der Waals surface area contributed by atoms with Gasteiger partial charge in [0, 0.05) is 6.04 Å². The van der Waals surface area contributed by atoms with Crippen molar-refractivity contribution in [2.75, 3.05) is 7.05 Å². The van der Waals surface area contributed by atoms with E-state index in [9.17, 15) is 0 Å². The molecule has 0 aliphatic heterocycles. The van der Waals surface area contributed by atoms with E-state index in [4.69, 9.17) is 0 Å². The topological polar surface area (TPSA) is 12.0 Å². The number of rotatable bonds is 5. The molecule has 2 atom stereocenters. The van der Waals surface area contributed by atoms with Crippen LogP contribution < -0.4 is 5.32 Å². The molecule has 0 saturated carbocycles. The molecule has 0 spiro atoms. The lowest BCUT2D eigenvalue weighted by Crippen LogP contribution is -2.29. The van der Waals surface area contributed by atoms with Crippen molar-refractivity contribution in [1.82, 2.24) is 5.32 Å². The summed E-state index contributed by atoms with van der Waals surface area (Å²) in [6.45, 7) is 6.60. The van der Waals surface area contributed by atoms with Crippen molar-refractivity contribution in [3.05, 3.63) is 12.2 Å². The first kappa shape index (κ1) is 10.7. The van der Waals surface area contributed by atoms with E-state index in [-0.39, 0.29) is 0 Å². The van der Waals surface area contributed by atoms with Crippen LogP contribution in [0.15, 0.2) is 12.2 Å². The molecule has 1 nitrogen and oxygen atoms in total. The molecule has 0 saturated heterocycles. The lowest BCUT2D eigenvalue weighted by molar-refractivity contribution is 0.428. The molecule has 0 aromatic rings. The van der Waals surface area contributed by atoms with Crippen LogP contribution in [0.3, 0.4) is 0 Å². The SMILES string of the molecule is C/C=C/C(NC)C(C)CCC. The highest BCUT2D eigenvalue weighted by Crippen LogP contribution is 2.10. The molecule has 0 bridgehead atoms. The molecule has 66 valence electrons. The van der Waals surface area contributed by atoms with Crippen LogP contribution in [0.4, 0.5) is 0 Å². The van der Waals surface area contributed by atoms with Crippen molar-refractivity contribution >= 4 is 0 Å². The molecule has 0 radical (unpaired) electrons. The third-order valence-corrected chi connectivity index (χ3v) is 2.09. The van der Waals surface area contributed by atoms with Gasteiger partial charge in [0.15, 0.2) is 0 Å². The summed E-state index contributed by atoms with van der Waals surface area (Å²) >= 11 is 0. The summed E-state index contributed by atoms with van der Waals surface area (Å²) in [5, 5.41) is 3.30. The van der Waals surface area contributed by atoms with Crippen LogP contribution in [0.25, 0.3) is 0 Å². The molecule has 2 unspecified atom stereocenters. The van der Waals surface area contributed by atoms with Crippen molar-refractivity contribution in [2.45, 2.75) is 39.7 Å². The largest absolute Gasteiger partial charge is 0.313 e. The zero-order chi connectivity index (χ0) is 8.69. The fourth-order valence-electron chi connectivity index (χ4n) is 1.41. The Bertz CT molecular complexity index is 107. The Balaban J connectivity index is 3.80. The summed E-state index contributed by atoms with van der Waals surface area (Å²) in [6, 6.07) is 0.556. The lowest BCUT2D eigenvalue weighted by Gasteiger charge is -2.19. The second-order valence-electron chi connectivity index (χ2n) is 3.11. The summed E-state index contributed by atoms with van der Waals surface area (Å²) in [6.07, 6.45) is 6.93. The second kappa shape index (κ2) is 6.41. The summed E-state index contributed by atoms with van der Waals surface area (Å²) < 4.78 is 0. The van der Waals surface area contributed by atoms with E-state index in [1.807, 2.05) is 7.05 Å². The van der Waals surface area contributed by atoms with E-state index < -0.39 is 0 Å². The van der Waals surface area contributed by atoms with Gasteiger partial charge in [-0.3, -0.25) is 0 Å². The van der Waals surface area contributed by atoms with Gasteiger partial charge in [-0.15, -0.1) is 0 Å². The van der Waals surface area contributed by atoms with Crippen LogP contribution in [-0.4, -0.2) is 13.1 Å². The average molecular weight is 155 g/mol. The molecule has 0 aromatic carbocycles. The number of nitrogens with one attached hydrogen (secondary N) is 1. The Morgan fingerprint density at radius 1 is 1.45 bits per heavy atom. The van der Waals surface area contributed by atoms with E-state index in [0.29, 0.717) is 6.04 Å². The average Bonchev–Trinajstić information content (AvgIpc) is 2.00. The van der Waals surface area contributed by atoms with Gasteiger partial charge >= 0.3 is 0 Å². The van der Waals surface area contributed by atoms with Gasteiger partial charge in [0.1, 0.15) is 0 Å². The number of allylic oxidation sites excluding steroid dienone is 1. The normalized spacial score (nSPS) is 17.1. The zero-order valence-corrected chi connectivity index (χ0v) is 8.22. The van der Waals surface area contributed by atoms with Crippen LogP contribution in [0.2, 0.25) is 0 Å². The number of hydrogen-bond acceptors (Lipinski definition) is 1. The van der Waals surface area contributed by atoms with Gasteiger partial charge in [0.2, 0.25) is 0 Å². The Hall–Kier alpha value is -0.300. The maximum Gasteiger partial charge on any atom is 0.0272 e. The second-order valence-corrected chi connectivity index (χ2v) is 3.11. The van der Waals surface area contributed by atoms with Crippen LogP contribution in [0.5, 0.6) is 0 Å². The molecule has 0 amide bonds. The minimum atomic E-state index is 0.556. The van der Waals surface area contributed by atoms with Crippen LogP contribution in [0, 0.1) is 5.92 Å². The lowest BCUT2D eigenvalue weighted by atomic mass is 9.97. The first-order valence-corrected chi connectivity index (χ1v) is 4.56. The van der Waals surface area contributed by atoms with E-state index in [0.717, 1.165) is 5.92 Å². The molecule has 11 heavy (non-hydrogen) atoms. The third kappa shape index (κ3) is 4.20. The van der Waals surface area contributed by atoms with Crippen LogP contribution in [0.1, 0.15) is 33.6 Å². The zero-order valence-electron chi connectivity index (χ0n) is 8.22. The van der Waals surface area contributed by atoms with Crippen molar-refractivity contribution in [3.63, 3.8) is 0 Å². The van der Waals surface area contributed by atoms with Gasteiger partial charge in [-0.05, 0) is 26.3 Å². The Morgan fingerprint density at radius 3 is 2.45 bits per heavy atom. The van der Waals surface area contributed by atoms with Crippen molar-refractivity contribution in [3.8, 4) is 0 Å². The van der Waals surface area contributed by atoms with Crippen LogP contribution >= 0.6 is 0 Å². The summed E-state index contributed by atoms with van der Waals surface area (Å²) in [7, 11) is 2.02. The minimum absolute atomic E-state index is 0.556. The molecular weight excluding hydrogens is 134 g/mol. The number of likely N-dealkylation sites (N-methyl/N-ethyl adjacent to an activating group) is 1. The monoisotopic (exact) mass is 155 g/mol. The molecule has 1 N–H and O–H groups in total. The molecular formula is C10H21N. The van der Waals surface area contributed by atoms with Crippen molar-refractivity contribution in [1.29, 1.82) is 0 Å². The van der Waals surface area contributed by atoms with Gasteiger partial charge < -0.3 is 5.32 Å². The first-order chi connectivity index (χ1) is 5.26. The fraction of sp³-hybridized carbons (Fsp3) is 0.800. The molecule has 0 aromatic heterocycles. The van der Waals surface area contributed by atoms with Crippen molar-refractivity contribution < 1.29 is 0 Å². The van der Waals surface area contributed by atoms with Gasteiger partial charge in [0.25, 0.3) is 0 Å². The predicted molar refractivity (Wildman–Crippen MR) is 51.7 cm³/mol. The summed E-state index contributed by atoms with van der Waals surface area (Å²) in [5.74, 6) is 0.751. The van der Waals surface area contributed by atoms with Gasteiger partial charge in [-0.1, -0.05) is 32.4 Å². The smallest absolute Gasteiger partial charge is 0.0272 e. The highest BCUT2D eigenvalue weighted by molar-refractivity contribution is 4.92. The Morgan fingerprint density at radius 2 is 2.09 bits per heavy atom. The first-order valence-electron chi connectivity index (χ1n) is 4.56. The molecule has 0 fully saturated rings. The third-order valence-electron chi connectivity index (χ3n) is 2.09. The van der Waals surface area contributed by atoms with E-state index >= 15 is 0 Å². The van der Waals surface area contributed by atoms with Gasteiger partial charge in [-0.25, -0.2) is 0 Å². The van der Waals surface area contributed by atoms with Crippen molar-refractivity contribution in [2.24, 2.45) is 5.92 Å².